The van der Waals surface area contributed by atoms with Crippen molar-refractivity contribution in [3.05, 3.63) is 62.6 Å². The minimum absolute atomic E-state index is 0.0685. The zero-order valence-corrected chi connectivity index (χ0v) is 12.9. The summed E-state index contributed by atoms with van der Waals surface area (Å²) in [6.07, 6.45) is -0.0881. The van der Waals surface area contributed by atoms with Gasteiger partial charge in [0.25, 0.3) is 5.69 Å². The van der Waals surface area contributed by atoms with Crippen molar-refractivity contribution in [1.29, 1.82) is 0 Å². The smallest absolute Gasteiger partial charge is 0.287 e. The molecule has 5 nitrogen and oxygen atoms in total. The largest absolute Gasteiger partial charge is 0.456 e. The van der Waals surface area contributed by atoms with Crippen molar-refractivity contribution in [3.63, 3.8) is 0 Å². The van der Waals surface area contributed by atoms with E-state index in [1.165, 1.54) is 6.07 Å². The highest BCUT2D eigenvalue weighted by molar-refractivity contribution is 9.10. The molecule has 110 valence electrons. The van der Waals surface area contributed by atoms with Crippen LogP contribution in [0.3, 0.4) is 0 Å². The molecule has 0 aliphatic carbocycles. The summed E-state index contributed by atoms with van der Waals surface area (Å²) in [5.41, 5.74) is 0.583. The van der Waals surface area contributed by atoms with Gasteiger partial charge in [-0.3, -0.25) is 10.1 Å². The molecule has 2 rings (SSSR count). The number of aliphatic hydroxyl groups excluding tert-OH is 1. The van der Waals surface area contributed by atoms with E-state index in [0.29, 0.717) is 23.5 Å². The second kappa shape index (κ2) is 6.69. The van der Waals surface area contributed by atoms with Gasteiger partial charge < -0.3 is 9.84 Å². The third kappa shape index (κ3) is 3.40. The number of hydrogen-bond acceptors (Lipinski definition) is 4. The van der Waals surface area contributed by atoms with Gasteiger partial charge >= 0.3 is 0 Å². The summed E-state index contributed by atoms with van der Waals surface area (Å²) in [6, 6.07) is 11.7. The first-order chi connectivity index (χ1) is 10.0. The average Bonchev–Trinajstić information content (AvgIpc) is 2.49. The van der Waals surface area contributed by atoms with Gasteiger partial charge in [0.15, 0.2) is 0 Å². The van der Waals surface area contributed by atoms with E-state index in [1.807, 2.05) is 13.0 Å². The van der Waals surface area contributed by atoms with Crippen LogP contribution in [0.15, 0.2) is 46.9 Å². The number of halogens is 1. The number of benzene rings is 2. The molecule has 0 unspecified atom stereocenters. The highest BCUT2D eigenvalue weighted by Crippen LogP contribution is 2.38. The Labute approximate surface area is 130 Å². The second-order valence-electron chi connectivity index (χ2n) is 4.41. The molecule has 0 aromatic heterocycles. The molecule has 0 amide bonds. The minimum Gasteiger partial charge on any atom is -0.456 e. The van der Waals surface area contributed by atoms with Crippen LogP contribution in [-0.2, 0) is 0 Å². The summed E-state index contributed by atoms with van der Waals surface area (Å²) in [5, 5.41) is 20.9. The molecule has 0 fully saturated rings. The Hall–Kier alpha value is -1.92. The number of aliphatic hydroxyl groups is 1. The van der Waals surface area contributed by atoms with Gasteiger partial charge in [-0.05, 0) is 34.5 Å². The van der Waals surface area contributed by atoms with Crippen LogP contribution in [0.5, 0.6) is 11.5 Å². The summed E-state index contributed by atoms with van der Waals surface area (Å²) in [4.78, 5) is 10.4. The normalized spacial score (nSPS) is 12.0. The first kappa shape index (κ1) is 15.5. The highest BCUT2D eigenvalue weighted by Gasteiger charge is 2.18. The van der Waals surface area contributed by atoms with E-state index in [0.717, 1.165) is 0 Å². The number of nitro benzene ring substituents is 1. The standard InChI is InChI=1S/C15H14BrNO4/c1-2-12(18)10-6-3-4-8-13(10)21-14-9-5-7-11(15(14)16)17(19)20/h3-9,12,18H,2H2,1H3/t12-/m0/s1. The lowest BCUT2D eigenvalue weighted by molar-refractivity contribution is -0.385. The van der Waals surface area contributed by atoms with Crippen LogP contribution in [0.2, 0.25) is 0 Å². The Bertz CT molecular complexity index is 660. The van der Waals surface area contributed by atoms with Crippen molar-refractivity contribution in [3.8, 4) is 11.5 Å². The van der Waals surface area contributed by atoms with Crippen molar-refractivity contribution in [1.82, 2.24) is 0 Å². The fourth-order valence-corrected chi connectivity index (χ4v) is 2.40. The third-order valence-electron chi connectivity index (χ3n) is 3.02. The molecule has 1 N–H and O–H groups in total. The Morgan fingerprint density at radius 2 is 1.90 bits per heavy atom. The van der Waals surface area contributed by atoms with Crippen LogP contribution >= 0.6 is 15.9 Å². The Balaban J connectivity index is 2.40. The van der Waals surface area contributed by atoms with Gasteiger partial charge in [-0.1, -0.05) is 31.2 Å². The minimum atomic E-state index is -0.640. The predicted molar refractivity (Wildman–Crippen MR) is 82.6 cm³/mol. The zero-order chi connectivity index (χ0) is 15.4. The SMILES string of the molecule is CC[C@H](O)c1ccccc1Oc1cccc([N+](=O)[O-])c1Br. The Kier molecular flexibility index (Phi) is 4.93. The molecule has 21 heavy (non-hydrogen) atoms. The van der Waals surface area contributed by atoms with E-state index < -0.39 is 11.0 Å². The summed E-state index contributed by atoms with van der Waals surface area (Å²) in [7, 11) is 0. The van der Waals surface area contributed by atoms with Gasteiger partial charge in [0.1, 0.15) is 16.0 Å². The maximum Gasteiger partial charge on any atom is 0.287 e. The summed E-state index contributed by atoms with van der Waals surface area (Å²) >= 11 is 3.19. The van der Waals surface area contributed by atoms with Crippen LogP contribution in [0.25, 0.3) is 0 Å². The van der Waals surface area contributed by atoms with Gasteiger partial charge in [0.05, 0.1) is 11.0 Å². The molecule has 0 heterocycles. The molecule has 0 saturated heterocycles. The van der Waals surface area contributed by atoms with Crippen molar-refractivity contribution in [2.24, 2.45) is 0 Å². The fraction of sp³-hybridized carbons (Fsp3) is 0.200. The molecule has 0 bridgehead atoms. The first-order valence-electron chi connectivity index (χ1n) is 6.42. The quantitative estimate of drug-likeness (QED) is 0.631. The lowest BCUT2D eigenvalue weighted by Gasteiger charge is -2.15. The first-order valence-corrected chi connectivity index (χ1v) is 7.21. The van der Waals surface area contributed by atoms with Crippen molar-refractivity contribution < 1.29 is 14.8 Å². The molecular weight excluding hydrogens is 338 g/mol. The van der Waals surface area contributed by atoms with Gasteiger partial charge in [0.2, 0.25) is 0 Å². The van der Waals surface area contributed by atoms with Crippen LogP contribution in [0.1, 0.15) is 25.0 Å². The molecule has 2 aromatic rings. The number of nitro groups is 1. The van der Waals surface area contributed by atoms with Crippen LogP contribution in [-0.4, -0.2) is 10.0 Å². The molecule has 6 heteroatoms. The number of ether oxygens (including phenoxy) is 1. The highest BCUT2D eigenvalue weighted by atomic mass is 79.9. The number of hydrogen-bond donors (Lipinski definition) is 1. The van der Waals surface area contributed by atoms with E-state index in [9.17, 15) is 15.2 Å². The Morgan fingerprint density at radius 3 is 2.57 bits per heavy atom. The molecule has 0 saturated carbocycles. The van der Waals surface area contributed by atoms with Crippen molar-refractivity contribution in [2.75, 3.05) is 0 Å². The van der Waals surface area contributed by atoms with Crippen LogP contribution in [0, 0.1) is 10.1 Å². The Morgan fingerprint density at radius 1 is 1.24 bits per heavy atom. The van der Waals surface area contributed by atoms with Crippen molar-refractivity contribution >= 4 is 21.6 Å². The predicted octanol–water partition coefficient (Wildman–Crippen LogP) is 4.59. The molecule has 0 aliphatic heterocycles. The maximum absolute atomic E-state index is 10.9. The second-order valence-corrected chi connectivity index (χ2v) is 5.20. The van der Waals surface area contributed by atoms with E-state index >= 15 is 0 Å². The summed E-state index contributed by atoms with van der Waals surface area (Å²) in [6.45, 7) is 1.87. The van der Waals surface area contributed by atoms with Gasteiger partial charge in [-0.2, -0.15) is 0 Å². The van der Waals surface area contributed by atoms with E-state index in [4.69, 9.17) is 4.74 Å². The number of rotatable bonds is 5. The number of nitrogens with zero attached hydrogens (tertiary/aromatic N) is 1. The van der Waals surface area contributed by atoms with Gasteiger partial charge in [-0.15, -0.1) is 0 Å². The van der Waals surface area contributed by atoms with Crippen molar-refractivity contribution in [2.45, 2.75) is 19.4 Å². The average molecular weight is 352 g/mol. The fourth-order valence-electron chi connectivity index (χ4n) is 1.91. The zero-order valence-electron chi connectivity index (χ0n) is 11.3. The summed E-state index contributed by atoms with van der Waals surface area (Å²) < 4.78 is 6.02. The van der Waals surface area contributed by atoms with E-state index in [1.54, 1.807) is 30.3 Å². The van der Waals surface area contributed by atoms with Crippen LogP contribution in [0.4, 0.5) is 5.69 Å². The number of para-hydroxylation sites is 1. The summed E-state index contributed by atoms with van der Waals surface area (Å²) in [5.74, 6) is 0.813. The topological polar surface area (TPSA) is 72.6 Å². The molecule has 0 aliphatic rings. The molecule has 2 aromatic carbocycles. The monoisotopic (exact) mass is 351 g/mol. The van der Waals surface area contributed by atoms with E-state index in [2.05, 4.69) is 15.9 Å². The molecule has 1 atom stereocenters. The van der Waals surface area contributed by atoms with Gasteiger partial charge in [-0.25, -0.2) is 0 Å². The van der Waals surface area contributed by atoms with E-state index in [-0.39, 0.29) is 10.2 Å². The molecular formula is C15H14BrNO4. The van der Waals surface area contributed by atoms with Gasteiger partial charge in [0, 0.05) is 11.6 Å². The van der Waals surface area contributed by atoms with Crippen LogP contribution < -0.4 is 4.74 Å². The maximum atomic E-state index is 10.9. The molecule has 0 spiro atoms. The third-order valence-corrected chi connectivity index (χ3v) is 3.82. The lowest BCUT2D eigenvalue weighted by atomic mass is 10.1. The lowest BCUT2D eigenvalue weighted by Crippen LogP contribution is -1.99. The molecule has 0 radical (unpaired) electrons.